The first-order valence-corrected chi connectivity index (χ1v) is 26.0. The first-order chi connectivity index (χ1) is 26.6. The van der Waals surface area contributed by atoms with Crippen molar-refractivity contribution in [3.63, 3.8) is 0 Å². The molecule has 4 aliphatic carbocycles. The fraction of sp³-hybridized carbons (Fsp3) is 1.00. The maximum Gasteiger partial charge on any atom is 0.472 e. The van der Waals surface area contributed by atoms with Gasteiger partial charge in [0, 0.05) is 17.8 Å². The lowest BCUT2D eigenvalue weighted by atomic mass is 9.94. The summed E-state index contributed by atoms with van der Waals surface area (Å²) in [5.41, 5.74) is 0. The van der Waals surface area contributed by atoms with Gasteiger partial charge in [-0.1, -0.05) is 41.5 Å². The van der Waals surface area contributed by atoms with Crippen molar-refractivity contribution in [1.29, 1.82) is 0 Å². The molecular formula is C34H66O20P4. The van der Waals surface area contributed by atoms with E-state index in [0.717, 1.165) is 0 Å². The normalized spacial score (nSPS) is 42.4. The average Bonchev–Trinajstić information content (AvgIpc) is 3.70. The molecule has 58 heavy (non-hydrogen) atoms. The Balaban J connectivity index is 1.34. The van der Waals surface area contributed by atoms with Gasteiger partial charge in [0.25, 0.3) is 0 Å². The molecule has 4 aliphatic rings. The first-order valence-electron chi connectivity index (χ1n) is 20.0. The molecule has 0 heterocycles. The summed E-state index contributed by atoms with van der Waals surface area (Å²) in [6, 6.07) is 0. The lowest BCUT2D eigenvalue weighted by Crippen LogP contribution is -2.34. The van der Waals surface area contributed by atoms with Crippen molar-refractivity contribution in [1.82, 2.24) is 0 Å². The van der Waals surface area contributed by atoms with Crippen LogP contribution in [0.3, 0.4) is 0 Å². The second kappa shape index (κ2) is 20.4. The largest absolute Gasteiger partial charge is 0.472 e. The van der Waals surface area contributed by atoms with Crippen molar-refractivity contribution in [3.05, 3.63) is 0 Å². The molecule has 342 valence electrons. The Bertz CT molecular complexity index is 1530. The molecule has 0 radical (unpaired) electrons. The average molecular weight is 919 g/mol. The molecule has 24 heteroatoms. The monoisotopic (exact) mass is 918 g/mol. The quantitative estimate of drug-likeness (QED) is 0.0734. The van der Waals surface area contributed by atoms with Crippen LogP contribution in [0, 0.1) is 53.3 Å². The van der Waals surface area contributed by atoms with Gasteiger partial charge in [-0.05, 0) is 81.5 Å². The zero-order valence-electron chi connectivity index (χ0n) is 34.3. The molecule has 0 spiro atoms. The molecule has 8 unspecified atom stereocenters. The van der Waals surface area contributed by atoms with Crippen LogP contribution in [0.2, 0.25) is 0 Å². The Hall–Kier alpha value is 0.280. The van der Waals surface area contributed by atoms with Gasteiger partial charge in [0.05, 0.1) is 56.4 Å². The zero-order chi connectivity index (χ0) is 43.7. The van der Waals surface area contributed by atoms with Gasteiger partial charge in [-0.25, -0.2) is 18.3 Å². The molecule has 4 fully saturated rings. The molecule has 0 saturated heterocycles. The van der Waals surface area contributed by atoms with Gasteiger partial charge >= 0.3 is 31.3 Å². The highest BCUT2D eigenvalue weighted by atomic mass is 31.2. The number of phosphoric acid groups is 4. The number of hydrogen-bond donors (Lipinski definition) is 8. The van der Waals surface area contributed by atoms with Gasteiger partial charge in [-0.3, -0.25) is 36.2 Å². The van der Waals surface area contributed by atoms with Crippen LogP contribution in [0.1, 0.15) is 87.5 Å². The van der Waals surface area contributed by atoms with Crippen molar-refractivity contribution >= 4 is 31.3 Å². The van der Waals surface area contributed by atoms with E-state index in [1.165, 1.54) is 13.8 Å². The fourth-order valence-electron chi connectivity index (χ4n) is 8.90. The van der Waals surface area contributed by atoms with E-state index in [0.29, 0.717) is 12.8 Å². The van der Waals surface area contributed by atoms with Gasteiger partial charge in [0.1, 0.15) is 18.3 Å². The number of hydrogen-bond acceptors (Lipinski definition) is 16. The zero-order valence-corrected chi connectivity index (χ0v) is 37.9. The van der Waals surface area contributed by atoms with Crippen LogP contribution in [-0.4, -0.2) is 115 Å². The van der Waals surface area contributed by atoms with E-state index in [2.05, 4.69) is 0 Å². The van der Waals surface area contributed by atoms with E-state index >= 15 is 0 Å². The smallest absolute Gasteiger partial charge is 0.390 e. The van der Waals surface area contributed by atoms with E-state index in [1.807, 2.05) is 20.8 Å². The highest BCUT2D eigenvalue weighted by Crippen LogP contribution is 2.56. The highest BCUT2D eigenvalue weighted by molar-refractivity contribution is 7.48. The van der Waals surface area contributed by atoms with Crippen LogP contribution in [0.4, 0.5) is 0 Å². The van der Waals surface area contributed by atoms with E-state index in [1.54, 1.807) is 20.8 Å². The molecule has 0 aromatic carbocycles. The summed E-state index contributed by atoms with van der Waals surface area (Å²) < 4.78 is 94.2. The Labute approximate surface area is 340 Å². The van der Waals surface area contributed by atoms with Crippen molar-refractivity contribution < 1.29 is 94.4 Å². The Morgan fingerprint density at radius 1 is 0.466 bits per heavy atom. The SMILES string of the molecule is CC(C)C[C@H]1C[C@@H](C)C(O)[C@H]1OP(=O)(O)OC[C@H]1C[C@@H](C)C(O)[C@H]1OP(=O)(O)OC[C@H]1C[C@@H](C)C(O)[C@H]1OP(=O)(O)OC[C@H]1C[C@@H](C)C(O)[C@H]1OP(=O)(O)OC(C)C. The van der Waals surface area contributed by atoms with E-state index in [9.17, 15) is 58.3 Å². The van der Waals surface area contributed by atoms with E-state index < -0.39 is 142 Å². The van der Waals surface area contributed by atoms with Crippen LogP contribution in [0.25, 0.3) is 0 Å². The Kier molecular flexibility index (Phi) is 17.9. The fourth-order valence-corrected chi connectivity index (χ4v) is 13.2. The molecule has 4 rings (SSSR count). The Morgan fingerprint density at radius 3 is 1.00 bits per heavy atom. The van der Waals surface area contributed by atoms with Crippen LogP contribution in [-0.2, 0) is 54.5 Å². The minimum atomic E-state index is -5.01. The molecule has 0 aromatic heterocycles. The third-order valence-electron chi connectivity index (χ3n) is 11.7. The van der Waals surface area contributed by atoms with Gasteiger partial charge in [-0.15, -0.1) is 0 Å². The van der Waals surface area contributed by atoms with E-state index in [4.69, 9.17) is 36.2 Å². The summed E-state index contributed by atoms with van der Waals surface area (Å²) in [6.07, 6.45) is -8.80. The van der Waals surface area contributed by atoms with Crippen LogP contribution >= 0.6 is 31.3 Å². The lowest BCUT2D eigenvalue weighted by molar-refractivity contribution is -0.0322. The lowest BCUT2D eigenvalue weighted by Gasteiger charge is -2.29. The van der Waals surface area contributed by atoms with Crippen molar-refractivity contribution in [3.8, 4) is 0 Å². The Morgan fingerprint density at radius 2 is 0.724 bits per heavy atom. The minimum Gasteiger partial charge on any atom is -0.390 e. The number of aliphatic hydroxyl groups excluding tert-OH is 4. The summed E-state index contributed by atoms with van der Waals surface area (Å²) >= 11 is 0. The first kappa shape index (κ1) is 50.9. The molecule has 20 nitrogen and oxygen atoms in total. The summed E-state index contributed by atoms with van der Waals surface area (Å²) in [6.45, 7) is 12.1. The molecule has 0 aliphatic heterocycles. The summed E-state index contributed by atoms with van der Waals surface area (Å²) in [5.74, 6) is -4.15. The van der Waals surface area contributed by atoms with E-state index in [-0.39, 0.29) is 37.0 Å². The molecule has 4 saturated carbocycles. The number of rotatable bonds is 21. The second-order valence-corrected chi connectivity index (χ2v) is 23.3. The van der Waals surface area contributed by atoms with Gasteiger partial charge in [0.15, 0.2) is 0 Å². The third kappa shape index (κ3) is 13.9. The summed E-state index contributed by atoms with van der Waals surface area (Å²) in [7, 11) is -19.4. The topological polar surface area (TPSA) is 304 Å². The predicted molar refractivity (Wildman–Crippen MR) is 205 cm³/mol. The van der Waals surface area contributed by atoms with Crippen molar-refractivity contribution in [2.45, 2.75) is 142 Å². The summed E-state index contributed by atoms with van der Waals surface area (Å²) in [4.78, 5) is 42.2. The number of aliphatic hydroxyl groups is 4. The van der Waals surface area contributed by atoms with Crippen LogP contribution in [0.15, 0.2) is 0 Å². The van der Waals surface area contributed by atoms with Gasteiger partial charge < -0.3 is 40.0 Å². The van der Waals surface area contributed by atoms with Crippen LogP contribution in [0.5, 0.6) is 0 Å². The third-order valence-corrected chi connectivity index (χ3v) is 15.9. The van der Waals surface area contributed by atoms with Crippen molar-refractivity contribution in [2.24, 2.45) is 53.3 Å². The molecule has 8 N–H and O–H groups in total. The maximum atomic E-state index is 13.3. The number of phosphoric ester groups is 4. The van der Waals surface area contributed by atoms with Crippen LogP contribution < -0.4 is 0 Å². The van der Waals surface area contributed by atoms with Crippen molar-refractivity contribution in [2.75, 3.05) is 19.8 Å². The highest BCUT2D eigenvalue weighted by Gasteiger charge is 2.51. The molecule has 0 bridgehead atoms. The van der Waals surface area contributed by atoms with Gasteiger partial charge in [0.2, 0.25) is 0 Å². The predicted octanol–water partition coefficient (Wildman–Crippen LogP) is 4.52. The molecule has 0 amide bonds. The molecule has 20 atom stereocenters. The second-order valence-electron chi connectivity index (χ2n) is 17.7. The standard InChI is InChI=1S/C34H66O20P4/c1-17(2)9-23-10-19(5)27(35)31(23)51-55(39,40)47-14-24-11-20(6)28(36)32(24)52-56(41,42)48-15-25-12-21(7)29(37)33(25)53-57(43,44)49-16-26-13-22(8)30(38)34(26)54-58(45,46)50-18(3)4/h17-38H,9-16H2,1-8H3,(H,39,40)(H,41,42)(H,43,44)(H,45,46)/t19-,20-,21-,22-,23+,24-,25-,26-,27?,28?,29?,30?,31+,32+,33+,34+/m1/s1. The molecular weight excluding hydrogens is 852 g/mol. The minimum absolute atomic E-state index is 0.119. The molecule has 0 aromatic rings. The maximum absolute atomic E-state index is 13.3. The van der Waals surface area contributed by atoms with Gasteiger partial charge in [-0.2, -0.15) is 0 Å². The summed E-state index contributed by atoms with van der Waals surface area (Å²) in [5, 5.41) is 43.0.